The quantitative estimate of drug-likeness (QED) is 0.729. The molecule has 1 aliphatic rings. The van der Waals surface area contributed by atoms with Crippen LogP contribution < -0.4 is 10.2 Å². The average Bonchev–Trinajstić information content (AvgIpc) is 2.72. The van der Waals surface area contributed by atoms with Crippen LogP contribution in [0.15, 0.2) is 48.8 Å². The number of alkyl halides is 3. The largest absolute Gasteiger partial charge is 0.418 e. The molecule has 0 spiro atoms. The minimum Gasteiger partial charge on any atom is -0.380 e. The number of fused-ring (bicyclic) bond motifs is 1. The van der Waals surface area contributed by atoms with Gasteiger partial charge in [0, 0.05) is 48.7 Å². The molecule has 0 radical (unpaired) electrons. The van der Waals surface area contributed by atoms with Crippen LogP contribution in [0.4, 0.5) is 24.7 Å². The van der Waals surface area contributed by atoms with E-state index in [0.29, 0.717) is 30.8 Å². The van der Waals surface area contributed by atoms with Gasteiger partial charge in [0.15, 0.2) is 0 Å². The number of benzene rings is 1. The van der Waals surface area contributed by atoms with Gasteiger partial charge in [0.05, 0.1) is 24.3 Å². The van der Waals surface area contributed by atoms with Crippen LogP contribution in [0.3, 0.4) is 0 Å². The SMILES string of the molecule is FC(F)(F)c1cccc2c(NCc3cccnc3N3CCOCC3)ccnc12. The van der Waals surface area contributed by atoms with E-state index >= 15 is 0 Å². The van der Waals surface area contributed by atoms with Gasteiger partial charge >= 0.3 is 6.18 Å². The first kappa shape index (κ1) is 18.5. The summed E-state index contributed by atoms with van der Waals surface area (Å²) in [5.74, 6) is 0.868. The Morgan fingerprint density at radius 2 is 1.82 bits per heavy atom. The maximum atomic E-state index is 13.3. The maximum Gasteiger partial charge on any atom is 0.418 e. The number of hydrogen-bond donors (Lipinski definition) is 1. The molecule has 1 N–H and O–H groups in total. The maximum absolute atomic E-state index is 13.3. The van der Waals surface area contributed by atoms with Crippen molar-refractivity contribution in [3.8, 4) is 0 Å². The molecule has 3 aromatic rings. The molecule has 2 aromatic heterocycles. The van der Waals surface area contributed by atoms with Gasteiger partial charge in [-0.15, -0.1) is 0 Å². The van der Waals surface area contributed by atoms with E-state index < -0.39 is 11.7 Å². The molecule has 0 atom stereocenters. The topological polar surface area (TPSA) is 50.3 Å². The Morgan fingerprint density at radius 1 is 1.00 bits per heavy atom. The summed E-state index contributed by atoms with van der Waals surface area (Å²) < 4.78 is 45.2. The molecule has 5 nitrogen and oxygen atoms in total. The van der Waals surface area contributed by atoms with Crippen LogP contribution in [0.2, 0.25) is 0 Å². The predicted molar refractivity (Wildman–Crippen MR) is 101 cm³/mol. The summed E-state index contributed by atoms with van der Waals surface area (Å²) in [5.41, 5.74) is 0.790. The highest BCUT2D eigenvalue weighted by atomic mass is 19.4. The highest BCUT2D eigenvalue weighted by Crippen LogP contribution is 2.35. The zero-order valence-corrected chi connectivity index (χ0v) is 15.0. The highest BCUT2D eigenvalue weighted by molar-refractivity contribution is 5.93. The van der Waals surface area contributed by atoms with Crippen LogP contribution in [0.1, 0.15) is 11.1 Å². The lowest BCUT2D eigenvalue weighted by Gasteiger charge is -2.29. The summed E-state index contributed by atoms with van der Waals surface area (Å²) in [7, 11) is 0. The molecule has 0 amide bonds. The Hall–Kier alpha value is -2.87. The first-order valence-electron chi connectivity index (χ1n) is 8.99. The molecule has 4 rings (SSSR count). The fraction of sp³-hybridized carbons (Fsp3) is 0.300. The third-order valence-corrected chi connectivity index (χ3v) is 4.72. The molecule has 0 saturated carbocycles. The van der Waals surface area contributed by atoms with Crippen LogP contribution in [-0.4, -0.2) is 36.3 Å². The Labute approximate surface area is 160 Å². The molecule has 146 valence electrons. The van der Waals surface area contributed by atoms with Crippen molar-refractivity contribution in [3.05, 3.63) is 59.9 Å². The van der Waals surface area contributed by atoms with Gasteiger partial charge in [-0.2, -0.15) is 13.2 Å². The second kappa shape index (κ2) is 7.63. The van der Waals surface area contributed by atoms with Gasteiger partial charge in [-0.3, -0.25) is 4.98 Å². The number of nitrogens with one attached hydrogen (secondary N) is 1. The molecule has 8 heteroatoms. The molecule has 28 heavy (non-hydrogen) atoms. The molecule has 3 heterocycles. The van der Waals surface area contributed by atoms with E-state index in [2.05, 4.69) is 20.2 Å². The zero-order chi connectivity index (χ0) is 19.6. The number of anilines is 2. The monoisotopic (exact) mass is 388 g/mol. The summed E-state index contributed by atoms with van der Waals surface area (Å²) in [4.78, 5) is 10.6. The number of para-hydroxylation sites is 1. The van der Waals surface area contributed by atoms with Crippen molar-refractivity contribution >= 4 is 22.4 Å². The molecule has 0 unspecified atom stereocenters. The van der Waals surface area contributed by atoms with E-state index in [1.807, 2.05) is 12.1 Å². The lowest BCUT2D eigenvalue weighted by molar-refractivity contribution is -0.136. The number of morpholine rings is 1. The molecule has 1 fully saturated rings. The van der Waals surface area contributed by atoms with E-state index in [1.54, 1.807) is 18.3 Å². The third kappa shape index (κ3) is 3.73. The van der Waals surface area contributed by atoms with Crippen molar-refractivity contribution < 1.29 is 17.9 Å². The van der Waals surface area contributed by atoms with Crippen molar-refractivity contribution in [1.29, 1.82) is 0 Å². The number of nitrogens with zero attached hydrogens (tertiary/aromatic N) is 3. The Morgan fingerprint density at radius 3 is 2.61 bits per heavy atom. The fourth-order valence-corrected chi connectivity index (χ4v) is 3.38. The molecular weight excluding hydrogens is 369 g/mol. The minimum absolute atomic E-state index is 0.0559. The van der Waals surface area contributed by atoms with E-state index in [4.69, 9.17) is 4.74 Å². The standard InChI is InChI=1S/C20H19F3N4O/c21-20(22,23)16-5-1-4-15-17(6-8-24-18(15)16)26-13-14-3-2-7-25-19(14)27-9-11-28-12-10-27/h1-8H,9-13H2,(H,24,26). The van der Waals surface area contributed by atoms with Crippen molar-refractivity contribution in [1.82, 2.24) is 9.97 Å². The lowest BCUT2D eigenvalue weighted by Crippen LogP contribution is -2.37. The van der Waals surface area contributed by atoms with Gasteiger partial charge in [0.1, 0.15) is 5.82 Å². The van der Waals surface area contributed by atoms with Crippen LogP contribution in [0.25, 0.3) is 10.9 Å². The van der Waals surface area contributed by atoms with Gasteiger partial charge in [-0.1, -0.05) is 18.2 Å². The van der Waals surface area contributed by atoms with Crippen LogP contribution >= 0.6 is 0 Å². The molecular formula is C20H19F3N4O. The Balaban J connectivity index is 1.62. The molecule has 0 bridgehead atoms. The highest BCUT2D eigenvalue weighted by Gasteiger charge is 2.33. The second-order valence-corrected chi connectivity index (χ2v) is 6.50. The van der Waals surface area contributed by atoms with E-state index in [9.17, 15) is 13.2 Å². The fourth-order valence-electron chi connectivity index (χ4n) is 3.38. The van der Waals surface area contributed by atoms with Crippen molar-refractivity contribution in [2.24, 2.45) is 0 Å². The van der Waals surface area contributed by atoms with Gasteiger partial charge in [0.25, 0.3) is 0 Å². The summed E-state index contributed by atoms with van der Waals surface area (Å²) in [6, 6.07) is 9.61. The number of ether oxygens (including phenoxy) is 1. The van der Waals surface area contributed by atoms with Crippen molar-refractivity contribution in [3.63, 3.8) is 0 Å². The Bertz CT molecular complexity index is 971. The van der Waals surface area contributed by atoms with Crippen molar-refractivity contribution in [2.75, 3.05) is 36.5 Å². The number of aromatic nitrogens is 2. The van der Waals surface area contributed by atoms with Gasteiger partial charge in [-0.05, 0) is 18.2 Å². The summed E-state index contributed by atoms with van der Waals surface area (Å²) in [5, 5.41) is 3.70. The van der Waals surface area contributed by atoms with Crippen LogP contribution in [0, 0.1) is 0 Å². The second-order valence-electron chi connectivity index (χ2n) is 6.50. The molecule has 0 aliphatic carbocycles. The summed E-state index contributed by atoms with van der Waals surface area (Å²) >= 11 is 0. The first-order valence-corrected chi connectivity index (χ1v) is 8.99. The van der Waals surface area contributed by atoms with Crippen molar-refractivity contribution in [2.45, 2.75) is 12.7 Å². The molecule has 1 saturated heterocycles. The number of hydrogen-bond acceptors (Lipinski definition) is 5. The minimum atomic E-state index is -4.45. The number of pyridine rings is 2. The first-order chi connectivity index (χ1) is 13.5. The average molecular weight is 388 g/mol. The lowest BCUT2D eigenvalue weighted by atomic mass is 10.1. The Kier molecular flexibility index (Phi) is 5.04. The van der Waals surface area contributed by atoms with Gasteiger partial charge in [0.2, 0.25) is 0 Å². The predicted octanol–water partition coefficient (Wildman–Crippen LogP) is 4.10. The molecule has 1 aliphatic heterocycles. The molecule has 1 aromatic carbocycles. The van der Waals surface area contributed by atoms with Crippen LogP contribution in [-0.2, 0) is 17.5 Å². The van der Waals surface area contributed by atoms with E-state index in [-0.39, 0.29) is 5.52 Å². The summed E-state index contributed by atoms with van der Waals surface area (Å²) in [6.07, 6.45) is -1.31. The summed E-state index contributed by atoms with van der Waals surface area (Å²) in [6.45, 7) is 3.27. The zero-order valence-electron chi connectivity index (χ0n) is 15.0. The number of rotatable bonds is 4. The van der Waals surface area contributed by atoms with Gasteiger partial charge in [-0.25, -0.2) is 4.98 Å². The number of halogens is 3. The third-order valence-electron chi connectivity index (χ3n) is 4.72. The van der Waals surface area contributed by atoms with Gasteiger partial charge < -0.3 is 15.0 Å². The normalized spacial score (nSPS) is 15.0. The van der Waals surface area contributed by atoms with Crippen LogP contribution in [0.5, 0.6) is 0 Å². The van der Waals surface area contributed by atoms with E-state index in [0.717, 1.165) is 30.5 Å². The van der Waals surface area contributed by atoms with E-state index in [1.165, 1.54) is 12.3 Å². The smallest absolute Gasteiger partial charge is 0.380 e.